The fourth-order valence-electron chi connectivity index (χ4n) is 3.95. The van der Waals surface area contributed by atoms with E-state index in [2.05, 4.69) is 68.4 Å². The van der Waals surface area contributed by atoms with Crippen molar-refractivity contribution in [3.63, 3.8) is 0 Å². The van der Waals surface area contributed by atoms with Gasteiger partial charge in [0, 0.05) is 45.0 Å². The number of anilines is 3. The Morgan fingerprint density at radius 3 is 1.11 bits per heavy atom. The SMILES string of the molecule is CCCN(CCC)c1cc(N(CCC)CCC)c(O)c(N(CCC)CCC)c1. The second-order valence-electron chi connectivity index (χ2n) is 7.79. The van der Waals surface area contributed by atoms with Crippen LogP contribution in [0.1, 0.15) is 80.1 Å². The van der Waals surface area contributed by atoms with Crippen molar-refractivity contribution in [2.45, 2.75) is 80.1 Å². The maximum atomic E-state index is 11.3. The molecule has 1 aromatic carbocycles. The molecule has 0 bridgehead atoms. The van der Waals surface area contributed by atoms with Crippen molar-refractivity contribution < 1.29 is 5.11 Å². The molecule has 4 heteroatoms. The average molecular weight is 392 g/mol. The molecule has 0 aliphatic rings. The Bertz CT molecular complexity index is 492. The van der Waals surface area contributed by atoms with E-state index in [1.165, 1.54) is 5.69 Å². The highest BCUT2D eigenvalue weighted by molar-refractivity contribution is 5.79. The average Bonchev–Trinajstić information content (AvgIpc) is 2.68. The lowest BCUT2D eigenvalue weighted by Crippen LogP contribution is -2.30. The molecule has 0 spiro atoms. The first kappa shape index (κ1) is 24.5. The van der Waals surface area contributed by atoms with Crippen LogP contribution in [0.25, 0.3) is 0 Å². The summed E-state index contributed by atoms with van der Waals surface area (Å²) in [5.41, 5.74) is 3.26. The lowest BCUT2D eigenvalue weighted by atomic mass is 10.1. The third-order valence-electron chi connectivity index (χ3n) is 5.06. The monoisotopic (exact) mass is 391 g/mol. The van der Waals surface area contributed by atoms with Crippen molar-refractivity contribution >= 4 is 17.1 Å². The minimum Gasteiger partial charge on any atom is -0.504 e. The third kappa shape index (κ3) is 6.79. The van der Waals surface area contributed by atoms with Gasteiger partial charge in [0.05, 0.1) is 11.4 Å². The highest BCUT2D eigenvalue weighted by Crippen LogP contribution is 2.42. The van der Waals surface area contributed by atoms with Crippen molar-refractivity contribution in [2.24, 2.45) is 0 Å². The summed E-state index contributed by atoms with van der Waals surface area (Å²) in [6.07, 6.45) is 6.60. The molecule has 4 nitrogen and oxygen atoms in total. The Kier molecular flexibility index (Phi) is 11.9. The smallest absolute Gasteiger partial charge is 0.162 e. The zero-order valence-electron chi connectivity index (χ0n) is 19.4. The van der Waals surface area contributed by atoms with Crippen molar-refractivity contribution in [3.05, 3.63) is 12.1 Å². The molecule has 1 aromatic rings. The molecule has 162 valence electrons. The van der Waals surface area contributed by atoms with Crippen LogP contribution in [0, 0.1) is 0 Å². The molecule has 0 saturated carbocycles. The van der Waals surface area contributed by atoms with Crippen molar-refractivity contribution in [2.75, 3.05) is 54.0 Å². The molecule has 1 rings (SSSR count). The number of rotatable bonds is 15. The van der Waals surface area contributed by atoms with E-state index in [1.807, 2.05) is 0 Å². The van der Waals surface area contributed by atoms with E-state index in [0.717, 1.165) is 89.2 Å². The molecule has 0 saturated heterocycles. The molecule has 0 aliphatic heterocycles. The first-order valence-electron chi connectivity index (χ1n) is 11.7. The summed E-state index contributed by atoms with van der Waals surface area (Å²) in [6.45, 7) is 19.4. The molecule has 0 heterocycles. The number of phenols is 1. The van der Waals surface area contributed by atoms with Crippen molar-refractivity contribution in [3.8, 4) is 5.75 Å². The highest BCUT2D eigenvalue weighted by atomic mass is 16.3. The lowest BCUT2D eigenvalue weighted by Gasteiger charge is -2.33. The largest absolute Gasteiger partial charge is 0.504 e. The first-order chi connectivity index (χ1) is 13.6. The molecule has 28 heavy (non-hydrogen) atoms. The van der Waals surface area contributed by atoms with Gasteiger partial charge in [-0.1, -0.05) is 41.5 Å². The summed E-state index contributed by atoms with van der Waals surface area (Å²) >= 11 is 0. The second-order valence-corrected chi connectivity index (χ2v) is 7.79. The van der Waals surface area contributed by atoms with Crippen molar-refractivity contribution in [1.29, 1.82) is 0 Å². The summed E-state index contributed by atoms with van der Waals surface area (Å²) in [4.78, 5) is 7.22. The molecule has 0 radical (unpaired) electrons. The normalized spacial score (nSPS) is 10.9. The van der Waals surface area contributed by atoms with Gasteiger partial charge in [-0.05, 0) is 50.7 Å². The Morgan fingerprint density at radius 2 is 0.821 bits per heavy atom. The summed E-state index contributed by atoms with van der Waals surface area (Å²) in [6, 6.07) is 4.46. The van der Waals surface area contributed by atoms with Crippen molar-refractivity contribution in [1.82, 2.24) is 0 Å². The van der Waals surface area contributed by atoms with Gasteiger partial charge < -0.3 is 19.8 Å². The van der Waals surface area contributed by atoms with Crippen LogP contribution >= 0.6 is 0 Å². The van der Waals surface area contributed by atoms with E-state index >= 15 is 0 Å². The van der Waals surface area contributed by atoms with Gasteiger partial charge in [-0.15, -0.1) is 0 Å². The van der Waals surface area contributed by atoms with E-state index in [9.17, 15) is 5.11 Å². The predicted molar refractivity (Wildman–Crippen MR) is 126 cm³/mol. The van der Waals surface area contributed by atoms with E-state index < -0.39 is 0 Å². The standard InChI is InChI=1S/C24H45N3O/c1-7-13-25(14-8-2)21-19-22(26(15-9-3)16-10-4)24(28)23(20-21)27(17-11-5)18-12-6/h19-20,28H,7-18H2,1-6H3. The van der Waals surface area contributed by atoms with Gasteiger partial charge in [0.25, 0.3) is 0 Å². The number of aromatic hydroxyl groups is 1. The van der Waals surface area contributed by atoms with E-state index in [-0.39, 0.29) is 0 Å². The molecule has 0 aliphatic carbocycles. The van der Waals surface area contributed by atoms with E-state index in [1.54, 1.807) is 0 Å². The number of hydrogen-bond donors (Lipinski definition) is 1. The second kappa shape index (κ2) is 13.6. The lowest BCUT2D eigenvalue weighted by molar-refractivity contribution is 0.471. The number of nitrogens with zero attached hydrogens (tertiary/aromatic N) is 3. The number of phenolic OH excluding ortho intramolecular Hbond substituents is 1. The van der Waals surface area contributed by atoms with Crippen LogP contribution in [0.5, 0.6) is 5.75 Å². The third-order valence-corrected chi connectivity index (χ3v) is 5.06. The number of hydrogen-bond acceptors (Lipinski definition) is 4. The van der Waals surface area contributed by atoms with Gasteiger partial charge in [0.15, 0.2) is 5.75 Å². The minimum atomic E-state index is 0.459. The van der Waals surface area contributed by atoms with Gasteiger partial charge in [-0.3, -0.25) is 0 Å². The summed E-state index contributed by atoms with van der Waals surface area (Å²) in [5, 5.41) is 11.3. The Morgan fingerprint density at radius 1 is 0.536 bits per heavy atom. The van der Waals surface area contributed by atoms with Crippen LogP contribution in [0.4, 0.5) is 17.1 Å². The Labute approximate surface area is 174 Å². The molecule has 0 atom stereocenters. The van der Waals surface area contributed by atoms with Crippen LogP contribution < -0.4 is 14.7 Å². The highest BCUT2D eigenvalue weighted by Gasteiger charge is 2.20. The van der Waals surface area contributed by atoms with Gasteiger partial charge in [-0.25, -0.2) is 0 Å². The summed E-state index contributed by atoms with van der Waals surface area (Å²) in [5.74, 6) is 0.459. The fourth-order valence-corrected chi connectivity index (χ4v) is 3.95. The molecule has 0 aromatic heterocycles. The van der Waals surface area contributed by atoms with E-state index in [0.29, 0.717) is 5.75 Å². The number of benzene rings is 1. The topological polar surface area (TPSA) is 30.0 Å². The van der Waals surface area contributed by atoms with E-state index in [4.69, 9.17) is 0 Å². The van der Waals surface area contributed by atoms with Gasteiger partial charge in [-0.2, -0.15) is 0 Å². The molecule has 1 N–H and O–H groups in total. The van der Waals surface area contributed by atoms with Gasteiger partial charge in [0.1, 0.15) is 0 Å². The van der Waals surface area contributed by atoms with Crippen LogP contribution in [-0.4, -0.2) is 44.4 Å². The Balaban J connectivity index is 3.54. The first-order valence-corrected chi connectivity index (χ1v) is 11.7. The quantitative estimate of drug-likeness (QED) is 0.381. The summed E-state index contributed by atoms with van der Waals surface area (Å²) < 4.78 is 0. The predicted octanol–water partition coefficient (Wildman–Crippen LogP) is 6.27. The maximum absolute atomic E-state index is 11.3. The maximum Gasteiger partial charge on any atom is 0.162 e. The molecule has 0 amide bonds. The summed E-state index contributed by atoms with van der Waals surface area (Å²) in [7, 11) is 0. The van der Waals surface area contributed by atoms with Crippen LogP contribution in [-0.2, 0) is 0 Å². The molecule has 0 unspecified atom stereocenters. The van der Waals surface area contributed by atoms with Crippen LogP contribution in [0.2, 0.25) is 0 Å². The molecule has 0 fully saturated rings. The Hall–Kier alpha value is -1.58. The van der Waals surface area contributed by atoms with Gasteiger partial charge in [0.2, 0.25) is 0 Å². The molecular formula is C24H45N3O. The molecular weight excluding hydrogens is 346 g/mol. The zero-order chi connectivity index (χ0) is 20.9. The fraction of sp³-hybridized carbons (Fsp3) is 0.750. The van der Waals surface area contributed by atoms with Gasteiger partial charge >= 0.3 is 0 Å². The van der Waals surface area contributed by atoms with Crippen LogP contribution in [0.3, 0.4) is 0 Å². The minimum absolute atomic E-state index is 0.459. The zero-order valence-corrected chi connectivity index (χ0v) is 19.4. The van der Waals surface area contributed by atoms with Crippen LogP contribution in [0.15, 0.2) is 12.1 Å².